The van der Waals surface area contributed by atoms with Gasteiger partial charge >= 0.3 is 11.6 Å². The van der Waals surface area contributed by atoms with Crippen molar-refractivity contribution in [2.45, 2.75) is 26.3 Å². The summed E-state index contributed by atoms with van der Waals surface area (Å²) < 4.78 is 16.0. The number of methoxy groups -OCH3 is 1. The molecule has 0 unspecified atom stereocenters. The zero-order valence-electron chi connectivity index (χ0n) is 18.1. The van der Waals surface area contributed by atoms with E-state index in [1.807, 2.05) is 19.1 Å². The van der Waals surface area contributed by atoms with Gasteiger partial charge in [0.15, 0.2) is 6.61 Å². The van der Waals surface area contributed by atoms with Crippen molar-refractivity contribution in [2.75, 3.05) is 13.7 Å². The van der Waals surface area contributed by atoms with Crippen molar-refractivity contribution in [1.29, 1.82) is 0 Å². The Bertz CT molecular complexity index is 1170. The number of fused-ring (bicyclic) bond motifs is 1. The molecule has 1 heterocycles. The Morgan fingerprint density at radius 1 is 1.09 bits per heavy atom. The molecule has 0 saturated carbocycles. The van der Waals surface area contributed by atoms with Gasteiger partial charge in [-0.15, -0.1) is 0 Å². The van der Waals surface area contributed by atoms with Gasteiger partial charge < -0.3 is 24.3 Å². The number of carboxylic acids is 1. The lowest BCUT2D eigenvalue weighted by Gasteiger charge is -2.20. The number of rotatable bonds is 9. The minimum Gasteiger partial charge on any atom is -0.497 e. The maximum Gasteiger partial charge on any atom is 0.336 e. The number of benzene rings is 2. The van der Waals surface area contributed by atoms with E-state index < -0.39 is 23.5 Å². The van der Waals surface area contributed by atoms with E-state index >= 15 is 0 Å². The molecule has 0 aliphatic rings. The van der Waals surface area contributed by atoms with Crippen molar-refractivity contribution < 1.29 is 28.6 Å². The molecule has 0 fully saturated rings. The van der Waals surface area contributed by atoms with E-state index in [-0.39, 0.29) is 12.5 Å². The van der Waals surface area contributed by atoms with E-state index in [0.29, 0.717) is 34.5 Å². The molecule has 2 atom stereocenters. The van der Waals surface area contributed by atoms with Gasteiger partial charge in [-0.1, -0.05) is 32.4 Å². The summed E-state index contributed by atoms with van der Waals surface area (Å²) >= 11 is 0. The molecular weight excluding hydrogens is 414 g/mol. The molecule has 8 nitrogen and oxygen atoms in total. The third-order valence-corrected chi connectivity index (χ3v) is 5.28. The van der Waals surface area contributed by atoms with Crippen LogP contribution in [0.5, 0.6) is 11.5 Å². The van der Waals surface area contributed by atoms with E-state index in [1.54, 1.807) is 38.3 Å². The zero-order chi connectivity index (χ0) is 23.3. The third kappa shape index (κ3) is 5.26. The number of nitrogens with one attached hydrogen (secondary N) is 1. The fourth-order valence-electron chi connectivity index (χ4n) is 3.29. The van der Waals surface area contributed by atoms with Crippen LogP contribution in [0, 0.1) is 5.92 Å². The van der Waals surface area contributed by atoms with Gasteiger partial charge in [-0.05, 0) is 41.3 Å². The predicted molar refractivity (Wildman–Crippen MR) is 119 cm³/mol. The Morgan fingerprint density at radius 2 is 1.78 bits per heavy atom. The molecule has 0 aliphatic carbocycles. The summed E-state index contributed by atoms with van der Waals surface area (Å²) in [5.41, 5.74) is 1.31. The molecule has 1 amide bonds. The highest BCUT2D eigenvalue weighted by Crippen LogP contribution is 2.30. The number of carbonyl (C=O) groups is 2. The lowest BCUT2D eigenvalue weighted by molar-refractivity contribution is -0.143. The van der Waals surface area contributed by atoms with E-state index in [0.717, 1.165) is 5.56 Å². The second-order valence-corrected chi connectivity index (χ2v) is 7.42. The number of hydrogen-bond donors (Lipinski definition) is 2. The Balaban J connectivity index is 1.79. The molecule has 0 spiro atoms. The first-order chi connectivity index (χ1) is 15.3. The van der Waals surface area contributed by atoms with Gasteiger partial charge in [-0.2, -0.15) is 0 Å². The monoisotopic (exact) mass is 439 g/mol. The summed E-state index contributed by atoms with van der Waals surface area (Å²) in [6.07, 6.45) is 0.609. The smallest absolute Gasteiger partial charge is 0.336 e. The number of carboxylic acid groups (broad SMARTS) is 1. The van der Waals surface area contributed by atoms with Crippen LogP contribution in [0.2, 0.25) is 0 Å². The summed E-state index contributed by atoms with van der Waals surface area (Å²) in [6.45, 7) is 3.24. The Morgan fingerprint density at radius 3 is 2.41 bits per heavy atom. The van der Waals surface area contributed by atoms with Crippen LogP contribution in [0.3, 0.4) is 0 Å². The molecule has 3 rings (SSSR count). The maximum atomic E-state index is 12.2. The molecule has 0 bridgehead atoms. The second-order valence-electron chi connectivity index (χ2n) is 7.42. The van der Waals surface area contributed by atoms with Gasteiger partial charge in [0, 0.05) is 17.5 Å². The number of ether oxygens (including phenoxy) is 2. The fraction of sp³-hybridized carbons (Fsp3) is 0.292. The van der Waals surface area contributed by atoms with Crippen molar-refractivity contribution in [3.63, 3.8) is 0 Å². The maximum absolute atomic E-state index is 12.2. The Hall–Kier alpha value is -3.81. The van der Waals surface area contributed by atoms with Crippen LogP contribution < -0.4 is 20.4 Å². The van der Waals surface area contributed by atoms with Crippen molar-refractivity contribution >= 4 is 22.8 Å². The summed E-state index contributed by atoms with van der Waals surface area (Å²) in [6, 6.07) is 12.6. The fourth-order valence-corrected chi connectivity index (χ4v) is 3.29. The van der Waals surface area contributed by atoms with Crippen molar-refractivity contribution in [2.24, 2.45) is 5.92 Å². The predicted octanol–water partition coefficient (Wildman–Crippen LogP) is 3.46. The van der Waals surface area contributed by atoms with Crippen molar-refractivity contribution in [3.8, 4) is 22.6 Å². The van der Waals surface area contributed by atoms with Crippen LogP contribution in [-0.4, -0.2) is 36.7 Å². The molecular formula is C24H25NO7. The van der Waals surface area contributed by atoms with Gasteiger partial charge in [0.25, 0.3) is 5.91 Å². The van der Waals surface area contributed by atoms with Crippen LogP contribution in [0.4, 0.5) is 0 Å². The van der Waals surface area contributed by atoms with Crippen LogP contribution in [0.15, 0.2) is 57.7 Å². The average Bonchev–Trinajstić information content (AvgIpc) is 2.79. The Labute approximate surface area is 184 Å². The molecule has 1 aromatic heterocycles. The highest BCUT2D eigenvalue weighted by molar-refractivity contribution is 5.94. The first-order valence-corrected chi connectivity index (χ1v) is 10.2. The van der Waals surface area contributed by atoms with E-state index in [9.17, 15) is 19.5 Å². The molecule has 8 heteroatoms. The number of carbonyl (C=O) groups excluding carboxylic acids is 1. The van der Waals surface area contributed by atoms with Crippen LogP contribution >= 0.6 is 0 Å². The molecule has 32 heavy (non-hydrogen) atoms. The highest BCUT2D eigenvalue weighted by atomic mass is 16.5. The summed E-state index contributed by atoms with van der Waals surface area (Å²) in [7, 11) is 1.58. The standard InChI is InChI=1S/C24H25NO7/c1-4-14(2)23(24(28)29)25-21(26)13-31-17-9-10-18-19(12-22(27)32-20(18)11-17)15-5-7-16(30-3)8-6-15/h5-12,14,23H,4,13H2,1-3H3,(H,25,26)(H,28,29)/t14-,23+/m0/s1. The van der Waals surface area contributed by atoms with Gasteiger partial charge in [-0.25, -0.2) is 9.59 Å². The molecule has 0 radical (unpaired) electrons. The first kappa shape index (κ1) is 22.9. The van der Waals surface area contributed by atoms with E-state index in [1.165, 1.54) is 12.1 Å². The minimum atomic E-state index is -1.09. The van der Waals surface area contributed by atoms with Crippen molar-refractivity contribution in [1.82, 2.24) is 5.32 Å². The quantitative estimate of drug-likeness (QED) is 0.491. The lowest BCUT2D eigenvalue weighted by atomic mass is 9.99. The molecule has 2 N–H and O–H groups in total. The summed E-state index contributed by atoms with van der Waals surface area (Å²) in [4.78, 5) is 35.6. The van der Waals surface area contributed by atoms with Crippen LogP contribution in [0.1, 0.15) is 20.3 Å². The largest absolute Gasteiger partial charge is 0.497 e. The molecule has 0 aliphatic heterocycles. The molecule has 0 saturated heterocycles. The Kier molecular flexibility index (Phi) is 7.14. The molecule has 2 aromatic carbocycles. The molecule has 168 valence electrons. The van der Waals surface area contributed by atoms with Gasteiger partial charge in [-0.3, -0.25) is 4.79 Å². The average molecular weight is 439 g/mol. The van der Waals surface area contributed by atoms with Gasteiger partial charge in [0.2, 0.25) is 0 Å². The van der Waals surface area contributed by atoms with E-state index in [2.05, 4.69) is 5.32 Å². The summed E-state index contributed by atoms with van der Waals surface area (Å²) in [5.74, 6) is -0.841. The lowest BCUT2D eigenvalue weighted by Crippen LogP contribution is -2.46. The number of hydrogen-bond acceptors (Lipinski definition) is 6. The third-order valence-electron chi connectivity index (χ3n) is 5.28. The summed E-state index contributed by atoms with van der Waals surface area (Å²) in [5, 5.41) is 12.5. The highest BCUT2D eigenvalue weighted by Gasteiger charge is 2.25. The molecule has 3 aromatic rings. The second kappa shape index (κ2) is 10.00. The number of aliphatic carboxylic acids is 1. The van der Waals surface area contributed by atoms with Gasteiger partial charge in [0.05, 0.1) is 7.11 Å². The van der Waals surface area contributed by atoms with Crippen LogP contribution in [-0.2, 0) is 9.59 Å². The zero-order valence-corrected chi connectivity index (χ0v) is 18.1. The van der Waals surface area contributed by atoms with Crippen LogP contribution in [0.25, 0.3) is 22.1 Å². The van der Waals surface area contributed by atoms with Gasteiger partial charge in [0.1, 0.15) is 23.1 Å². The topological polar surface area (TPSA) is 115 Å². The van der Waals surface area contributed by atoms with E-state index in [4.69, 9.17) is 13.9 Å². The van der Waals surface area contributed by atoms with Crippen molar-refractivity contribution in [3.05, 3.63) is 59.0 Å². The minimum absolute atomic E-state index is 0.220. The SMILES string of the molecule is CC[C@H](C)[C@@H](NC(=O)COc1ccc2c(-c3ccc(OC)cc3)cc(=O)oc2c1)C(=O)O. The number of amides is 1. The first-order valence-electron chi connectivity index (χ1n) is 10.2. The normalized spacial score (nSPS) is 12.7.